The largest absolute Gasteiger partial charge is 0.457 e. The Kier molecular flexibility index (Phi) is 5.50. The number of benzene rings is 1. The number of nitrogens with zero attached hydrogens (tertiary/aromatic N) is 1. The number of carbonyl (C=O) groups excluding carboxylic acids is 2. The van der Waals surface area contributed by atoms with Gasteiger partial charge in [0.25, 0.3) is 0 Å². The standard InChI is InChI=1S/C24H22N2O3S/c1-14-21(16(3)27)23(19-13-30-20-7-5-4-6-18(19)20)22(15(2)26-14)24(28)29-12-17-8-10-25-11-9-17/h4-11,13,23,26H,12H2,1-3H3. The molecule has 0 saturated heterocycles. The van der Waals surface area contributed by atoms with Crippen molar-refractivity contribution in [1.29, 1.82) is 0 Å². The van der Waals surface area contributed by atoms with Gasteiger partial charge in [0, 0.05) is 40.0 Å². The molecule has 1 aliphatic rings. The molecule has 0 fully saturated rings. The molecular weight excluding hydrogens is 396 g/mol. The zero-order valence-electron chi connectivity index (χ0n) is 17.1. The minimum Gasteiger partial charge on any atom is -0.457 e. The third kappa shape index (κ3) is 3.66. The highest BCUT2D eigenvalue weighted by atomic mass is 32.1. The molecular formula is C24H22N2O3S. The number of dihydropyridines is 1. The summed E-state index contributed by atoms with van der Waals surface area (Å²) in [6, 6.07) is 11.7. The maximum absolute atomic E-state index is 13.2. The SMILES string of the molecule is CC(=O)C1=C(C)NC(C)=C(C(=O)OCc2ccncc2)C1c1csc2ccccc12. The fourth-order valence-electron chi connectivity index (χ4n) is 3.97. The molecule has 6 heteroatoms. The van der Waals surface area contributed by atoms with Crippen LogP contribution >= 0.6 is 11.3 Å². The molecule has 0 bridgehead atoms. The fourth-order valence-corrected chi connectivity index (χ4v) is 4.96. The van der Waals surface area contributed by atoms with Crippen LogP contribution in [0.5, 0.6) is 0 Å². The van der Waals surface area contributed by atoms with Gasteiger partial charge in [0.05, 0.1) is 5.57 Å². The Labute approximate surface area is 179 Å². The summed E-state index contributed by atoms with van der Waals surface area (Å²) in [6.07, 6.45) is 3.33. The Morgan fingerprint density at radius 1 is 1.07 bits per heavy atom. The molecule has 1 aliphatic heterocycles. The topological polar surface area (TPSA) is 68.3 Å². The molecule has 0 saturated carbocycles. The first-order valence-electron chi connectivity index (χ1n) is 9.69. The number of hydrogen-bond donors (Lipinski definition) is 1. The number of nitrogens with one attached hydrogen (secondary N) is 1. The van der Waals surface area contributed by atoms with Crippen LogP contribution in [0.15, 0.2) is 76.7 Å². The molecule has 0 spiro atoms. The van der Waals surface area contributed by atoms with E-state index in [0.717, 1.165) is 26.9 Å². The maximum Gasteiger partial charge on any atom is 0.337 e. The van der Waals surface area contributed by atoms with Crippen LogP contribution in [0.25, 0.3) is 10.1 Å². The second-order valence-electron chi connectivity index (χ2n) is 7.31. The minimum atomic E-state index is -0.468. The van der Waals surface area contributed by atoms with Crippen LogP contribution in [0.4, 0.5) is 0 Å². The Hall–Kier alpha value is -3.25. The van der Waals surface area contributed by atoms with Gasteiger partial charge in [-0.1, -0.05) is 18.2 Å². The molecule has 2 aromatic heterocycles. The maximum atomic E-state index is 13.2. The molecule has 1 aromatic carbocycles. The smallest absolute Gasteiger partial charge is 0.337 e. The molecule has 1 atom stereocenters. The molecule has 30 heavy (non-hydrogen) atoms. The normalized spacial score (nSPS) is 16.6. The van der Waals surface area contributed by atoms with Gasteiger partial charge in [-0.15, -0.1) is 11.3 Å². The van der Waals surface area contributed by atoms with E-state index in [2.05, 4.69) is 10.3 Å². The van der Waals surface area contributed by atoms with Crippen LogP contribution < -0.4 is 5.32 Å². The highest BCUT2D eigenvalue weighted by Crippen LogP contribution is 2.43. The van der Waals surface area contributed by atoms with Gasteiger partial charge >= 0.3 is 5.97 Å². The number of esters is 1. The summed E-state index contributed by atoms with van der Waals surface area (Å²) < 4.78 is 6.77. The van der Waals surface area contributed by atoms with Gasteiger partial charge in [-0.25, -0.2) is 4.79 Å². The Morgan fingerprint density at radius 3 is 2.50 bits per heavy atom. The van der Waals surface area contributed by atoms with Gasteiger partial charge < -0.3 is 10.1 Å². The number of thiophene rings is 1. The molecule has 152 valence electrons. The summed E-state index contributed by atoms with van der Waals surface area (Å²) in [4.78, 5) is 29.8. The number of aromatic nitrogens is 1. The number of carbonyl (C=O) groups is 2. The number of hydrogen-bond acceptors (Lipinski definition) is 6. The van der Waals surface area contributed by atoms with Gasteiger partial charge in [0.2, 0.25) is 0 Å². The van der Waals surface area contributed by atoms with E-state index in [1.165, 1.54) is 0 Å². The van der Waals surface area contributed by atoms with E-state index >= 15 is 0 Å². The van der Waals surface area contributed by atoms with Crippen LogP contribution in [0.1, 0.15) is 37.8 Å². The van der Waals surface area contributed by atoms with Gasteiger partial charge in [0.15, 0.2) is 5.78 Å². The number of pyridine rings is 1. The molecule has 5 nitrogen and oxygen atoms in total. The second kappa shape index (κ2) is 8.24. The number of Topliss-reactive ketones (excluding diaryl/α,β-unsaturated/α-hetero) is 1. The molecule has 1 unspecified atom stereocenters. The van der Waals surface area contributed by atoms with E-state index in [0.29, 0.717) is 16.8 Å². The number of allylic oxidation sites excluding steroid dienone is 3. The lowest BCUT2D eigenvalue weighted by Crippen LogP contribution is -2.31. The van der Waals surface area contributed by atoms with Crippen LogP contribution in [0.2, 0.25) is 0 Å². The molecule has 3 heterocycles. The van der Waals surface area contributed by atoms with Crippen molar-refractivity contribution in [3.8, 4) is 0 Å². The summed E-state index contributed by atoms with van der Waals surface area (Å²) in [5.74, 6) is -0.958. The lowest BCUT2D eigenvalue weighted by atomic mass is 9.79. The Balaban J connectivity index is 1.77. The predicted octanol–water partition coefficient (Wildman–Crippen LogP) is 4.86. The zero-order chi connectivity index (χ0) is 21.3. The highest BCUT2D eigenvalue weighted by molar-refractivity contribution is 7.17. The second-order valence-corrected chi connectivity index (χ2v) is 8.22. The highest BCUT2D eigenvalue weighted by Gasteiger charge is 2.37. The van der Waals surface area contributed by atoms with E-state index in [9.17, 15) is 9.59 Å². The van der Waals surface area contributed by atoms with Crippen LogP contribution in [-0.2, 0) is 20.9 Å². The molecule has 4 rings (SSSR count). The van der Waals surface area contributed by atoms with Crippen molar-refractivity contribution in [2.24, 2.45) is 0 Å². The van der Waals surface area contributed by atoms with E-state index in [-0.39, 0.29) is 12.4 Å². The zero-order valence-corrected chi connectivity index (χ0v) is 17.9. The van der Waals surface area contributed by atoms with Crippen molar-refractivity contribution < 1.29 is 14.3 Å². The van der Waals surface area contributed by atoms with Crippen LogP contribution in [-0.4, -0.2) is 16.7 Å². The lowest BCUT2D eigenvalue weighted by molar-refractivity contribution is -0.140. The summed E-state index contributed by atoms with van der Waals surface area (Å²) in [5.41, 5.74) is 4.36. The van der Waals surface area contributed by atoms with E-state index in [4.69, 9.17) is 4.74 Å². The van der Waals surface area contributed by atoms with Gasteiger partial charge in [-0.05, 0) is 60.9 Å². The third-order valence-corrected chi connectivity index (χ3v) is 6.28. The number of fused-ring (bicyclic) bond motifs is 1. The van der Waals surface area contributed by atoms with Crippen molar-refractivity contribution in [1.82, 2.24) is 10.3 Å². The molecule has 1 N–H and O–H groups in total. The molecule has 3 aromatic rings. The first kappa shape index (κ1) is 20.0. The Bertz CT molecular complexity index is 1190. The third-order valence-electron chi connectivity index (χ3n) is 5.30. The van der Waals surface area contributed by atoms with Crippen LogP contribution in [0.3, 0.4) is 0 Å². The van der Waals surface area contributed by atoms with Crippen molar-refractivity contribution in [2.75, 3.05) is 0 Å². The predicted molar refractivity (Wildman–Crippen MR) is 118 cm³/mol. The monoisotopic (exact) mass is 418 g/mol. The van der Waals surface area contributed by atoms with Crippen molar-refractivity contribution in [2.45, 2.75) is 33.3 Å². The summed E-state index contributed by atoms with van der Waals surface area (Å²) in [7, 11) is 0. The van der Waals surface area contributed by atoms with E-state index in [1.807, 2.05) is 55.6 Å². The summed E-state index contributed by atoms with van der Waals surface area (Å²) >= 11 is 1.61. The van der Waals surface area contributed by atoms with Crippen molar-refractivity contribution in [3.05, 3.63) is 87.8 Å². The summed E-state index contributed by atoms with van der Waals surface area (Å²) in [5, 5.41) is 6.30. The molecule has 0 radical (unpaired) electrons. The quantitative estimate of drug-likeness (QED) is 0.599. The lowest BCUT2D eigenvalue weighted by Gasteiger charge is -2.30. The van der Waals surface area contributed by atoms with Crippen molar-refractivity contribution >= 4 is 33.2 Å². The first-order valence-corrected chi connectivity index (χ1v) is 10.6. The first-order chi connectivity index (χ1) is 14.5. The van der Waals surface area contributed by atoms with E-state index < -0.39 is 11.9 Å². The average Bonchev–Trinajstić information content (AvgIpc) is 3.16. The molecule has 0 amide bonds. The van der Waals surface area contributed by atoms with Crippen molar-refractivity contribution in [3.63, 3.8) is 0 Å². The number of rotatable bonds is 5. The van der Waals surface area contributed by atoms with E-state index in [1.54, 1.807) is 30.7 Å². The average molecular weight is 419 g/mol. The number of ether oxygens (including phenoxy) is 1. The van der Waals surface area contributed by atoms with Gasteiger partial charge in [0.1, 0.15) is 6.61 Å². The fraction of sp³-hybridized carbons (Fsp3) is 0.208. The van der Waals surface area contributed by atoms with Gasteiger partial charge in [-0.2, -0.15) is 0 Å². The number of ketones is 1. The van der Waals surface area contributed by atoms with Crippen LogP contribution in [0, 0.1) is 0 Å². The summed E-state index contributed by atoms with van der Waals surface area (Å²) in [6.45, 7) is 5.42. The van der Waals surface area contributed by atoms with Gasteiger partial charge in [-0.3, -0.25) is 9.78 Å². The Morgan fingerprint density at radius 2 is 1.77 bits per heavy atom. The molecule has 0 aliphatic carbocycles. The minimum absolute atomic E-state index is 0.0628.